The molecule has 3 aromatic heterocycles. The van der Waals surface area contributed by atoms with E-state index in [1.807, 2.05) is 41.8 Å². The molecule has 5 rings (SSSR count). The summed E-state index contributed by atoms with van der Waals surface area (Å²) in [4.78, 5) is 32.1. The molecule has 1 fully saturated rings. The number of morpholine rings is 1. The third-order valence-corrected chi connectivity index (χ3v) is 5.97. The second kappa shape index (κ2) is 8.29. The van der Waals surface area contributed by atoms with Gasteiger partial charge in [0.25, 0.3) is 0 Å². The first-order valence-corrected chi connectivity index (χ1v) is 10.7. The molecule has 1 aliphatic heterocycles. The summed E-state index contributed by atoms with van der Waals surface area (Å²) in [6, 6.07) is 12.9. The average molecular weight is 433 g/mol. The number of amides is 2. The van der Waals surface area contributed by atoms with Crippen molar-refractivity contribution < 1.29 is 14.3 Å². The topological polar surface area (TPSA) is 88.8 Å². The van der Waals surface area contributed by atoms with E-state index in [2.05, 4.69) is 15.4 Å². The number of urea groups is 1. The number of ether oxygens (including phenoxy) is 1. The molecule has 8 nitrogen and oxygen atoms in total. The molecule has 1 saturated heterocycles. The molecule has 156 valence electrons. The van der Waals surface area contributed by atoms with E-state index in [0.717, 1.165) is 11.3 Å². The number of nitrogens with one attached hydrogen (secondary N) is 1. The number of hydrogen-bond donors (Lipinski definition) is 1. The van der Waals surface area contributed by atoms with Crippen LogP contribution in [0.1, 0.15) is 15.2 Å². The molecular formula is C22H19N5O3S. The monoisotopic (exact) mass is 433 g/mol. The van der Waals surface area contributed by atoms with E-state index < -0.39 is 0 Å². The lowest BCUT2D eigenvalue weighted by Gasteiger charge is -2.27. The molecule has 1 aliphatic rings. The molecule has 0 aliphatic carbocycles. The zero-order valence-corrected chi connectivity index (χ0v) is 17.3. The molecule has 2 amide bonds. The van der Waals surface area contributed by atoms with Crippen LogP contribution < -0.4 is 5.32 Å². The third kappa shape index (κ3) is 3.80. The van der Waals surface area contributed by atoms with Gasteiger partial charge >= 0.3 is 6.03 Å². The molecule has 0 spiro atoms. The second-order valence-electron chi connectivity index (χ2n) is 7.04. The minimum Gasteiger partial charge on any atom is -0.378 e. The Morgan fingerprint density at radius 2 is 1.97 bits per heavy atom. The van der Waals surface area contributed by atoms with Crippen LogP contribution in [0.25, 0.3) is 16.9 Å². The molecule has 1 N–H and O–H groups in total. The first kappa shape index (κ1) is 19.4. The highest BCUT2D eigenvalue weighted by molar-refractivity contribution is 7.12. The lowest BCUT2D eigenvalue weighted by Crippen LogP contribution is -2.43. The van der Waals surface area contributed by atoms with Crippen molar-refractivity contribution in [1.82, 2.24) is 19.5 Å². The number of anilines is 1. The van der Waals surface area contributed by atoms with Crippen molar-refractivity contribution in [2.24, 2.45) is 0 Å². The van der Waals surface area contributed by atoms with E-state index in [-0.39, 0.29) is 11.8 Å². The van der Waals surface area contributed by atoms with E-state index in [1.54, 1.807) is 27.9 Å². The highest BCUT2D eigenvalue weighted by atomic mass is 32.1. The predicted octanol–water partition coefficient (Wildman–Crippen LogP) is 3.55. The summed E-state index contributed by atoms with van der Waals surface area (Å²) in [6.45, 7) is 2.25. The summed E-state index contributed by atoms with van der Waals surface area (Å²) in [5.74, 6) is -0.0961. The molecule has 0 saturated carbocycles. The highest BCUT2D eigenvalue weighted by Crippen LogP contribution is 2.25. The zero-order valence-electron chi connectivity index (χ0n) is 16.5. The largest absolute Gasteiger partial charge is 0.378 e. The second-order valence-corrected chi connectivity index (χ2v) is 7.99. The van der Waals surface area contributed by atoms with Gasteiger partial charge < -0.3 is 15.0 Å². The number of thiophene rings is 1. The number of rotatable bonds is 4. The van der Waals surface area contributed by atoms with Crippen LogP contribution in [0.15, 0.2) is 60.2 Å². The first-order valence-electron chi connectivity index (χ1n) is 9.86. The number of aromatic nitrogens is 3. The van der Waals surface area contributed by atoms with E-state index in [4.69, 9.17) is 4.74 Å². The van der Waals surface area contributed by atoms with Crippen molar-refractivity contribution >= 4 is 34.5 Å². The number of ketones is 1. The maximum absolute atomic E-state index is 12.8. The fraction of sp³-hybridized carbons (Fsp3) is 0.182. The summed E-state index contributed by atoms with van der Waals surface area (Å²) in [5, 5.41) is 9.23. The van der Waals surface area contributed by atoms with Crippen molar-refractivity contribution in [3.05, 3.63) is 70.7 Å². The molecule has 4 heterocycles. The summed E-state index contributed by atoms with van der Waals surface area (Å²) in [6.07, 6.45) is 3.22. The molecule has 31 heavy (non-hydrogen) atoms. The Labute approximate surface area is 182 Å². The van der Waals surface area contributed by atoms with Crippen LogP contribution in [0.3, 0.4) is 0 Å². The smallest absolute Gasteiger partial charge is 0.321 e. The quantitative estimate of drug-likeness (QED) is 0.497. The number of hydrogen-bond acceptors (Lipinski definition) is 6. The molecule has 4 aromatic rings. The predicted molar refractivity (Wildman–Crippen MR) is 118 cm³/mol. The Bertz CT molecular complexity index is 1250. The molecule has 0 unspecified atom stereocenters. The minimum absolute atomic E-state index is 0.0961. The van der Waals surface area contributed by atoms with Crippen molar-refractivity contribution in [2.45, 2.75) is 0 Å². The normalized spacial score (nSPS) is 14.0. The molecule has 0 bridgehead atoms. The van der Waals surface area contributed by atoms with Gasteiger partial charge in [-0.1, -0.05) is 18.2 Å². The van der Waals surface area contributed by atoms with Crippen LogP contribution in [0.2, 0.25) is 0 Å². The number of carbonyl (C=O) groups excluding carboxylic acids is 2. The summed E-state index contributed by atoms with van der Waals surface area (Å²) < 4.78 is 6.96. The van der Waals surface area contributed by atoms with Gasteiger partial charge in [-0.25, -0.2) is 14.3 Å². The van der Waals surface area contributed by atoms with Gasteiger partial charge in [0.2, 0.25) is 5.78 Å². The number of fused-ring (bicyclic) bond motifs is 1. The van der Waals surface area contributed by atoms with Crippen molar-refractivity contribution in [2.75, 3.05) is 31.6 Å². The summed E-state index contributed by atoms with van der Waals surface area (Å²) in [5.41, 5.74) is 3.27. The molecule has 1 aromatic carbocycles. The van der Waals surface area contributed by atoms with Crippen LogP contribution in [-0.2, 0) is 4.74 Å². The number of benzene rings is 1. The van der Waals surface area contributed by atoms with E-state index in [1.165, 1.54) is 11.3 Å². The first-order chi connectivity index (χ1) is 15.2. The fourth-order valence-corrected chi connectivity index (χ4v) is 4.21. The van der Waals surface area contributed by atoms with Crippen LogP contribution in [-0.4, -0.2) is 57.6 Å². The summed E-state index contributed by atoms with van der Waals surface area (Å²) in [7, 11) is 0. The van der Waals surface area contributed by atoms with Crippen molar-refractivity contribution in [3.63, 3.8) is 0 Å². The van der Waals surface area contributed by atoms with E-state index in [0.29, 0.717) is 48.1 Å². The zero-order chi connectivity index (χ0) is 21.2. The lowest BCUT2D eigenvalue weighted by atomic mass is 10.1. The average Bonchev–Trinajstić information content (AvgIpc) is 3.50. The van der Waals surface area contributed by atoms with Crippen molar-refractivity contribution in [3.8, 4) is 11.3 Å². The van der Waals surface area contributed by atoms with Crippen LogP contribution in [0.5, 0.6) is 0 Å². The molecule has 0 atom stereocenters. The molecular weight excluding hydrogens is 414 g/mol. The number of nitrogens with zero attached hydrogens (tertiary/aromatic N) is 4. The van der Waals surface area contributed by atoms with Crippen LogP contribution in [0.4, 0.5) is 10.5 Å². The molecule has 0 radical (unpaired) electrons. The van der Waals surface area contributed by atoms with Gasteiger partial charge in [0.15, 0.2) is 5.65 Å². The van der Waals surface area contributed by atoms with Gasteiger partial charge in [0, 0.05) is 30.5 Å². The lowest BCUT2D eigenvalue weighted by molar-refractivity contribution is 0.0564. The Kier molecular flexibility index (Phi) is 5.19. The third-order valence-electron chi connectivity index (χ3n) is 5.10. The maximum atomic E-state index is 12.8. The Hall–Kier alpha value is -3.56. The summed E-state index contributed by atoms with van der Waals surface area (Å²) >= 11 is 1.39. The van der Waals surface area contributed by atoms with Gasteiger partial charge in [-0.3, -0.25) is 4.79 Å². The van der Waals surface area contributed by atoms with Gasteiger partial charge in [0.1, 0.15) is 0 Å². The SMILES string of the molecule is O=C(c1cccs1)c1cnn2c(-c3cccc(NC(=O)N4CCOCC4)c3)ccnc12. The van der Waals surface area contributed by atoms with Gasteiger partial charge in [-0.15, -0.1) is 11.3 Å². The standard InChI is InChI=1S/C22H19N5O3S/c28-20(19-5-2-12-31-19)17-14-24-27-18(6-7-23-21(17)27)15-3-1-4-16(13-15)25-22(29)26-8-10-30-11-9-26/h1-7,12-14H,8-11H2,(H,25,29). The van der Waals surface area contributed by atoms with Crippen LogP contribution in [0, 0.1) is 0 Å². The maximum Gasteiger partial charge on any atom is 0.321 e. The van der Waals surface area contributed by atoms with Gasteiger partial charge in [-0.2, -0.15) is 5.10 Å². The van der Waals surface area contributed by atoms with Crippen molar-refractivity contribution in [1.29, 1.82) is 0 Å². The highest BCUT2D eigenvalue weighted by Gasteiger charge is 2.19. The minimum atomic E-state index is -0.150. The molecule has 9 heteroatoms. The Morgan fingerprint density at radius 3 is 2.77 bits per heavy atom. The van der Waals surface area contributed by atoms with Gasteiger partial charge in [0.05, 0.1) is 35.5 Å². The van der Waals surface area contributed by atoms with E-state index in [9.17, 15) is 9.59 Å². The van der Waals surface area contributed by atoms with Crippen LogP contribution >= 0.6 is 11.3 Å². The number of carbonyl (C=O) groups is 2. The fourth-order valence-electron chi connectivity index (χ4n) is 3.54. The van der Waals surface area contributed by atoms with Gasteiger partial charge in [-0.05, 0) is 29.6 Å². The Morgan fingerprint density at radius 1 is 1.10 bits per heavy atom. The van der Waals surface area contributed by atoms with E-state index >= 15 is 0 Å². The Balaban J connectivity index is 1.45.